The van der Waals surface area contributed by atoms with E-state index in [0.717, 1.165) is 19.3 Å². The molecule has 0 aromatic rings. The molecule has 9 heavy (non-hydrogen) atoms. The van der Waals surface area contributed by atoms with E-state index < -0.39 is 0 Å². The molecular weight excluding hydrogens is 128 g/mol. The Morgan fingerprint density at radius 1 is 1.78 bits per heavy atom. The molecule has 0 aliphatic rings. The monoisotopic (exact) mass is 141 g/mol. The molecule has 0 amide bonds. The summed E-state index contributed by atoms with van der Waals surface area (Å²) in [7, 11) is 0. The molecule has 0 bridgehead atoms. The van der Waals surface area contributed by atoms with Gasteiger partial charge in [0.15, 0.2) is 0 Å². The number of hydrogen-bond acceptors (Lipinski definition) is 1. The summed E-state index contributed by atoms with van der Waals surface area (Å²) in [6.45, 7) is 3.77. The predicted octanol–water partition coefficient (Wildman–Crippen LogP) is 2.36. The van der Waals surface area contributed by atoms with E-state index in [9.17, 15) is 0 Å². The van der Waals surface area contributed by atoms with Crippen LogP contribution in [-0.4, -0.2) is 11.5 Å². The standard InChI is InChI=1S/C8H13S/c1-4-6-8(9-3)7-5-2/h1,8H,2,5-7H2,3H3. The van der Waals surface area contributed by atoms with Crippen molar-refractivity contribution in [3.63, 3.8) is 0 Å². The number of thioether (sulfide) groups is 1. The maximum atomic E-state index is 5.15. The van der Waals surface area contributed by atoms with Gasteiger partial charge in [-0.3, -0.25) is 0 Å². The molecule has 1 unspecified atom stereocenters. The molecule has 0 saturated carbocycles. The van der Waals surface area contributed by atoms with Crippen molar-refractivity contribution in [1.29, 1.82) is 0 Å². The highest BCUT2D eigenvalue weighted by Crippen LogP contribution is 2.15. The van der Waals surface area contributed by atoms with E-state index in [2.05, 4.69) is 19.1 Å². The van der Waals surface area contributed by atoms with E-state index in [-0.39, 0.29) is 0 Å². The van der Waals surface area contributed by atoms with Crippen molar-refractivity contribution >= 4 is 11.8 Å². The van der Waals surface area contributed by atoms with Gasteiger partial charge in [-0.15, -0.1) is 12.3 Å². The van der Waals surface area contributed by atoms with Crippen LogP contribution in [0.1, 0.15) is 19.3 Å². The molecule has 0 N–H and O–H groups in total. The zero-order valence-corrected chi connectivity index (χ0v) is 6.71. The Hall–Kier alpha value is -0.0900. The first kappa shape index (κ1) is 8.91. The fourth-order valence-electron chi connectivity index (χ4n) is 0.662. The van der Waals surface area contributed by atoms with E-state index in [4.69, 9.17) is 6.42 Å². The minimum atomic E-state index is 0.632. The van der Waals surface area contributed by atoms with Crippen molar-refractivity contribution in [2.24, 2.45) is 0 Å². The van der Waals surface area contributed by atoms with Crippen LogP contribution in [0, 0.1) is 19.3 Å². The van der Waals surface area contributed by atoms with Gasteiger partial charge in [0.2, 0.25) is 0 Å². The van der Waals surface area contributed by atoms with Crippen molar-refractivity contribution in [3.05, 3.63) is 6.92 Å². The Morgan fingerprint density at radius 3 is 2.78 bits per heavy atom. The first-order valence-corrected chi connectivity index (χ1v) is 4.39. The van der Waals surface area contributed by atoms with Gasteiger partial charge in [0, 0.05) is 11.7 Å². The van der Waals surface area contributed by atoms with Crippen molar-refractivity contribution in [3.8, 4) is 12.3 Å². The number of hydrogen-bond donors (Lipinski definition) is 0. The van der Waals surface area contributed by atoms with Gasteiger partial charge in [-0.05, 0) is 12.7 Å². The lowest BCUT2D eigenvalue weighted by molar-refractivity contribution is 0.791. The Labute approximate surface area is 62.4 Å². The molecule has 0 aliphatic carbocycles. The molecule has 1 radical (unpaired) electrons. The second-order valence-electron chi connectivity index (χ2n) is 1.91. The molecule has 0 saturated heterocycles. The zero-order chi connectivity index (χ0) is 7.11. The van der Waals surface area contributed by atoms with Crippen LogP contribution >= 0.6 is 11.8 Å². The fraction of sp³-hybridized carbons (Fsp3) is 0.625. The average molecular weight is 141 g/mol. The summed E-state index contributed by atoms with van der Waals surface area (Å²) in [5.74, 6) is 2.65. The summed E-state index contributed by atoms with van der Waals surface area (Å²) in [4.78, 5) is 0. The molecule has 0 heterocycles. The summed E-state index contributed by atoms with van der Waals surface area (Å²) in [5, 5.41) is 0.632. The van der Waals surface area contributed by atoms with Crippen LogP contribution in [0.3, 0.4) is 0 Å². The topological polar surface area (TPSA) is 0 Å². The van der Waals surface area contributed by atoms with Gasteiger partial charge in [0.1, 0.15) is 0 Å². The molecule has 0 aromatic carbocycles. The molecule has 51 valence electrons. The van der Waals surface area contributed by atoms with Gasteiger partial charge < -0.3 is 0 Å². The van der Waals surface area contributed by atoms with E-state index in [1.165, 1.54) is 0 Å². The quantitative estimate of drug-likeness (QED) is 0.542. The first-order valence-electron chi connectivity index (χ1n) is 3.10. The molecule has 0 spiro atoms. The lowest BCUT2D eigenvalue weighted by atomic mass is 10.2. The van der Waals surface area contributed by atoms with Crippen LogP contribution in [0.4, 0.5) is 0 Å². The maximum absolute atomic E-state index is 5.15. The van der Waals surface area contributed by atoms with E-state index in [1.807, 2.05) is 11.8 Å². The van der Waals surface area contributed by atoms with Gasteiger partial charge in [-0.25, -0.2) is 0 Å². The van der Waals surface area contributed by atoms with Gasteiger partial charge in [0.05, 0.1) is 0 Å². The largest absolute Gasteiger partial charge is 0.161 e. The van der Waals surface area contributed by atoms with Gasteiger partial charge in [0.25, 0.3) is 0 Å². The van der Waals surface area contributed by atoms with Crippen LogP contribution in [-0.2, 0) is 0 Å². The normalized spacial score (nSPS) is 12.6. The third-order valence-corrected chi connectivity index (χ3v) is 2.27. The highest BCUT2D eigenvalue weighted by Gasteiger charge is 2.01. The summed E-state index contributed by atoms with van der Waals surface area (Å²) in [6.07, 6.45) is 10.3. The van der Waals surface area contributed by atoms with Gasteiger partial charge in [-0.2, -0.15) is 11.8 Å². The molecule has 0 rings (SSSR count). The summed E-state index contributed by atoms with van der Waals surface area (Å²) in [6, 6.07) is 0. The predicted molar refractivity (Wildman–Crippen MR) is 45.3 cm³/mol. The Balaban J connectivity index is 3.32. The van der Waals surface area contributed by atoms with Crippen molar-refractivity contribution in [2.45, 2.75) is 24.5 Å². The molecular formula is C8H13S. The smallest absolute Gasteiger partial charge is 0.0205 e. The Bertz CT molecular complexity index is 91.2. The SMILES string of the molecule is C#CCC(CC[CH2])SC. The van der Waals surface area contributed by atoms with Crippen LogP contribution in [0.25, 0.3) is 0 Å². The number of terminal acetylenes is 1. The second-order valence-corrected chi connectivity index (χ2v) is 3.05. The van der Waals surface area contributed by atoms with Crippen molar-refractivity contribution in [2.75, 3.05) is 6.26 Å². The lowest BCUT2D eigenvalue weighted by Crippen LogP contribution is -1.98. The van der Waals surface area contributed by atoms with Crippen LogP contribution in [0.5, 0.6) is 0 Å². The Morgan fingerprint density at radius 2 is 2.44 bits per heavy atom. The fourth-order valence-corrected chi connectivity index (χ4v) is 1.33. The molecule has 0 fully saturated rings. The van der Waals surface area contributed by atoms with E-state index in [1.54, 1.807) is 0 Å². The summed E-state index contributed by atoms with van der Waals surface area (Å²) < 4.78 is 0. The minimum Gasteiger partial charge on any atom is -0.161 e. The molecule has 0 nitrogen and oxygen atoms in total. The van der Waals surface area contributed by atoms with E-state index in [0.29, 0.717) is 5.25 Å². The van der Waals surface area contributed by atoms with Gasteiger partial charge in [-0.1, -0.05) is 13.3 Å². The average Bonchev–Trinajstić information content (AvgIpc) is 1.88. The molecule has 1 atom stereocenters. The third-order valence-electron chi connectivity index (χ3n) is 1.20. The second kappa shape index (κ2) is 6.04. The molecule has 0 aromatic heterocycles. The maximum Gasteiger partial charge on any atom is 0.0205 e. The zero-order valence-electron chi connectivity index (χ0n) is 5.89. The van der Waals surface area contributed by atoms with Crippen LogP contribution < -0.4 is 0 Å². The minimum absolute atomic E-state index is 0.632. The van der Waals surface area contributed by atoms with Crippen LogP contribution in [0.15, 0.2) is 0 Å². The molecule has 1 heteroatoms. The Kier molecular flexibility index (Phi) is 5.98. The summed E-state index contributed by atoms with van der Waals surface area (Å²) >= 11 is 1.84. The van der Waals surface area contributed by atoms with Gasteiger partial charge >= 0.3 is 0 Å². The lowest BCUT2D eigenvalue weighted by Gasteiger charge is -2.07. The van der Waals surface area contributed by atoms with Crippen molar-refractivity contribution < 1.29 is 0 Å². The number of rotatable bonds is 4. The van der Waals surface area contributed by atoms with E-state index >= 15 is 0 Å². The molecule has 0 aliphatic heterocycles. The summed E-state index contributed by atoms with van der Waals surface area (Å²) in [5.41, 5.74) is 0. The highest BCUT2D eigenvalue weighted by molar-refractivity contribution is 7.99. The van der Waals surface area contributed by atoms with Crippen molar-refractivity contribution in [1.82, 2.24) is 0 Å². The first-order chi connectivity index (χ1) is 4.35. The van der Waals surface area contributed by atoms with Crippen LogP contribution in [0.2, 0.25) is 0 Å². The highest BCUT2D eigenvalue weighted by atomic mass is 32.2. The third kappa shape index (κ3) is 4.42.